The maximum atomic E-state index is 11.5. The SMILES string of the molecule is CCn1cnnc1CNc1ccnc(C(=O)NC)c1. The highest BCUT2D eigenvalue weighted by Crippen LogP contribution is 2.09. The van der Waals surface area contributed by atoms with Crippen LogP contribution >= 0.6 is 0 Å². The van der Waals surface area contributed by atoms with Gasteiger partial charge in [-0.3, -0.25) is 9.78 Å². The van der Waals surface area contributed by atoms with E-state index in [9.17, 15) is 4.79 Å². The Morgan fingerprint density at radius 3 is 3.05 bits per heavy atom. The Balaban J connectivity index is 2.05. The summed E-state index contributed by atoms with van der Waals surface area (Å²) in [4.78, 5) is 15.5. The summed E-state index contributed by atoms with van der Waals surface area (Å²) >= 11 is 0. The van der Waals surface area contributed by atoms with Gasteiger partial charge in [-0.1, -0.05) is 0 Å². The van der Waals surface area contributed by atoms with Crippen molar-refractivity contribution in [2.24, 2.45) is 0 Å². The molecule has 2 heterocycles. The summed E-state index contributed by atoms with van der Waals surface area (Å²) in [7, 11) is 1.58. The van der Waals surface area contributed by atoms with E-state index in [-0.39, 0.29) is 5.91 Å². The standard InChI is InChI=1S/C12H16N6O/c1-3-18-8-16-17-11(18)7-15-9-4-5-14-10(6-9)12(19)13-2/h4-6,8H,3,7H2,1-2H3,(H,13,19)(H,14,15). The summed E-state index contributed by atoms with van der Waals surface area (Å²) in [5.41, 5.74) is 1.20. The first-order valence-corrected chi connectivity index (χ1v) is 6.03. The zero-order chi connectivity index (χ0) is 13.7. The molecule has 0 unspecified atom stereocenters. The van der Waals surface area contributed by atoms with Gasteiger partial charge < -0.3 is 15.2 Å². The lowest BCUT2D eigenvalue weighted by Crippen LogP contribution is -2.19. The predicted octanol–water partition coefficient (Wildman–Crippen LogP) is 0.665. The van der Waals surface area contributed by atoms with Gasteiger partial charge in [-0.05, 0) is 19.1 Å². The van der Waals surface area contributed by atoms with Gasteiger partial charge in [0.2, 0.25) is 0 Å². The van der Waals surface area contributed by atoms with Crippen LogP contribution in [-0.2, 0) is 13.1 Å². The lowest BCUT2D eigenvalue weighted by Gasteiger charge is -2.07. The molecule has 0 spiro atoms. The molecular weight excluding hydrogens is 244 g/mol. The van der Waals surface area contributed by atoms with Gasteiger partial charge in [0.15, 0.2) is 5.82 Å². The molecule has 0 saturated carbocycles. The summed E-state index contributed by atoms with van der Waals surface area (Å²) in [5.74, 6) is 0.640. The molecule has 7 nitrogen and oxygen atoms in total. The highest BCUT2D eigenvalue weighted by molar-refractivity contribution is 5.92. The van der Waals surface area contributed by atoms with Crippen LogP contribution in [0.15, 0.2) is 24.7 Å². The molecule has 0 aromatic carbocycles. The minimum Gasteiger partial charge on any atom is -0.378 e. The molecule has 0 saturated heterocycles. The van der Waals surface area contributed by atoms with Gasteiger partial charge in [0.1, 0.15) is 12.0 Å². The van der Waals surface area contributed by atoms with Crippen molar-refractivity contribution in [3.63, 3.8) is 0 Å². The molecule has 2 N–H and O–H groups in total. The fraction of sp³-hybridized carbons (Fsp3) is 0.333. The van der Waals surface area contributed by atoms with E-state index in [0.717, 1.165) is 18.1 Å². The highest BCUT2D eigenvalue weighted by atomic mass is 16.1. The Morgan fingerprint density at radius 1 is 1.47 bits per heavy atom. The van der Waals surface area contributed by atoms with Crippen LogP contribution in [0.5, 0.6) is 0 Å². The van der Waals surface area contributed by atoms with Crippen LogP contribution in [0.2, 0.25) is 0 Å². The quantitative estimate of drug-likeness (QED) is 0.825. The zero-order valence-electron chi connectivity index (χ0n) is 10.9. The average Bonchev–Trinajstić information content (AvgIpc) is 2.92. The third-order valence-corrected chi connectivity index (χ3v) is 2.71. The predicted molar refractivity (Wildman–Crippen MR) is 70.6 cm³/mol. The number of hydrogen-bond donors (Lipinski definition) is 2. The molecule has 0 aliphatic heterocycles. The second-order valence-corrected chi connectivity index (χ2v) is 3.90. The average molecular weight is 260 g/mol. The molecule has 7 heteroatoms. The Hall–Kier alpha value is -2.44. The fourth-order valence-corrected chi connectivity index (χ4v) is 1.65. The van der Waals surface area contributed by atoms with Crippen molar-refractivity contribution in [3.05, 3.63) is 36.2 Å². The maximum Gasteiger partial charge on any atom is 0.269 e. The van der Waals surface area contributed by atoms with Crippen LogP contribution in [-0.4, -0.2) is 32.7 Å². The number of nitrogens with zero attached hydrogens (tertiary/aromatic N) is 4. The summed E-state index contributed by atoms with van der Waals surface area (Å²) in [6, 6.07) is 3.50. The van der Waals surface area contributed by atoms with E-state index in [2.05, 4.69) is 25.8 Å². The van der Waals surface area contributed by atoms with E-state index in [1.54, 1.807) is 31.7 Å². The Labute approximate surface area is 111 Å². The first-order valence-electron chi connectivity index (χ1n) is 6.03. The van der Waals surface area contributed by atoms with Crippen LogP contribution in [0.4, 0.5) is 5.69 Å². The van der Waals surface area contributed by atoms with Crippen molar-refractivity contribution in [1.82, 2.24) is 25.1 Å². The summed E-state index contributed by atoms with van der Waals surface area (Å²) in [6.45, 7) is 3.40. The number of aromatic nitrogens is 4. The van der Waals surface area contributed by atoms with Crippen LogP contribution in [0.25, 0.3) is 0 Å². The monoisotopic (exact) mass is 260 g/mol. The molecule has 2 aromatic rings. The Bertz CT molecular complexity index is 565. The van der Waals surface area contributed by atoms with E-state index in [4.69, 9.17) is 0 Å². The van der Waals surface area contributed by atoms with Gasteiger partial charge in [-0.2, -0.15) is 0 Å². The Kier molecular flexibility index (Phi) is 4.07. The molecule has 19 heavy (non-hydrogen) atoms. The molecule has 1 amide bonds. The van der Waals surface area contributed by atoms with Gasteiger partial charge in [0.25, 0.3) is 5.91 Å². The van der Waals surface area contributed by atoms with Gasteiger partial charge in [0.05, 0.1) is 6.54 Å². The number of amides is 1. The molecule has 0 radical (unpaired) electrons. The number of pyridine rings is 1. The normalized spacial score (nSPS) is 10.2. The van der Waals surface area contributed by atoms with E-state index in [0.29, 0.717) is 12.2 Å². The zero-order valence-corrected chi connectivity index (χ0v) is 10.9. The van der Waals surface area contributed by atoms with Crippen LogP contribution in [0, 0.1) is 0 Å². The number of rotatable bonds is 5. The topological polar surface area (TPSA) is 84.7 Å². The number of anilines is 1. The van der Waals surface area contributed by atoms with E-state index in [1.165, 1.54) is 0 Å². The summed E-state index contributed by atoms with van der Waals surface area (Å²) in [5, 5.41) is 13.6. The second kappa shape index (κ2) is 5.94. The largest absolute Gasteiger partial charge is 0.378 e. The van der Waals surface area contributed by atoms with Crippen molar-refractivity contribution in [1.29, 1.82) is 0 Å². The van der Waals surface area contributed by atoms with Gasteiger partial charge in [-0.25, -0.2) is 0 Å². The Morgan fingerprint density at radius 2 is 2.32 bits per heavy atom. The molecule has 0 aliphatic carbocycles. The molecule has 2 aromatic heterocycles. The van der Waals surface area contributed by atoms with Crippen molar-refractivity contribution in [2.45, 2.75) is 20.0 Å². The van der Waals surface area contributed by atoms with E-state index >= 15 is 0 Å². The van der Waals surface area contributed by atoms with Crippen molar-refractivity contribution < 1.29 is 4.79 Å². The molecule has 0 atom stereocenters. The third kappa shape index (κ3) is 3.06. The highest BCUT2D eigenvalue weighted by Gasteiger charge is 2.06. The van der Waals surface area contributed by atoms with Crippen molar-refractivity contribution in [2.75, 3.05) is 12.4 Å². The maximum absolute atomic E-state index is 11.5. The van der Waals surface area contributed by atoms with E-state index in [1.807, 2.05) is 11.5 Å². The third-order valence-electron chi connectivity index (χ3n) is 2.71. The summed E-state index contributed by atoms with van der Waals surface area (Å²) < 4.78 is 1.95. The number of nitrogens with one attached hydrogen (secondary N) is 2. The number of hydrogen-bond acceptors (Lipinski definition) is 5. The van der Waals surface area contributed by atoms with Gasteiger partial charge >= 0.3 is 0 Å². The molecule has 0 aliphatic rings. The van der Waals surface area contributed by atoms with Crippen LogP contribution < -0.4 is 10.6 Å². The molecule has 0 fully saturated rings. The minimum atomic E-state index is -0.208. The minimum absolute atomic E-state index is 0.208. The molecular formula is C12H16N6O. The lowest BCUT2D eigenvalue weighted by molar-refractivity contribution is 0.0958. The number of carbonyl (C=O) groups is 1. The molecule has 0 bridgehead atoms. The number of aryl methyl sites for hydroxylation is 1. The fourth-order valence-electron chi connectivity index (χ4n) is 1.65. The van der Waals surface area contributed by atoms with Gasteiger partial charge in [0, 0.05) is 25.5 Å². The van der Waals surface area contributed by atoms with Gasteiger partial charge in [-0.15, -0.1) is 10.2 Å². The smallest absolute Gasteiger partial charge is 0.269 e. The first-order chi connectivity index (χ1) is 9.24. The van der Waals surface area contributed by atoms with E-state index < -0.39 is 0 Å². The van der Waals surface area contributed by atoms with Crippen molar-refractivity contribution in [3.8, 4) is 0 Å². The van der Waals surface area contributed by atoms with Crippen LogP contribution in [0.1, 0.15) is 23.2 Å². The summed E-state index contributed by atoms with van der Waals surface area (Å²) in [6.07, 6.45) is 3.29. The number of carbonyl (C=O) groups excluding carboxylic acids is 1. The molecule has 2 rings (SSSR count). The second-order valence-electron chi connectivity index (χ2n) is 3.90. The lowest BCUT2D eigenvalue weighted by atomic mass is 10.3. The first kappa shape index (κ1) is 13.0. The van der Waals surface area contributed by atoms with Crippen LogP contribution in [0.3, 0.4) is 0 Å². The molecule has 100 valence electrons. The van der Waals surface area contributed by atoms with Crippen molar-refractivity contribution >= 4 is 11.6 Å².